The van der Waals surface area contributed by atoms with Gasteiger partial charge in [0.15, 0.2) is 0 Å². The van der Waals surface area contributed by atoms with Gasteiger partial charge in [0.25, 0.3) is 0 Å². The molecule has 2 saturated carbocycles. The number of methoxy groups -OCH3 is 2. The molecule has 2 amide bonds. The molecule has 0 aromatic carbocycles. The van der Waals surface area contributed by atoms with E-state index in [1.807, 2.05) is 0 Å². The van der Waals surface area contributed by atoms with Crippen molar-refractivity contribution in [3.8, 4) is 0 Å². The number of nitrogens with one attached hydrogen (secondary N) is 2. The van der Waals surface area contributed by atoms with Crippen LogP contribution in [0.4, 0.5) is 0 Å². The molecule has 29 heavy (non-hydrogen) atoms. The van der Waals surface area contributed by atoms with Crippen LogP contribution < -0.4 is 10.6 Å². The van der Waals surface area contributed by atoms with Crippen LogP contribution in [0.5, 0.6) is 0 Å². The Bertz CT molecular complexity index is 475. The highest BCUT2D eigenvalue weighted by atomic mass is 16.5. The molecule has 0 bridgehead atoms. The molecule has 0 atom stereocenters. The van der Waals surface area contributed by atoms with Gasteiger partial charge >= 0.3 is 0 Å². The number of rotatable bonds is 10. The van der Waals surface area contributed by atoms with Crippen molar-refractivity contribution < 1.29 is 19.1 Å². The van der Waals surface area contributed by atoms with E-state index >= 15 is 0 Å². The number of carbonyl (C=O) groups is 2. The van der Waals surface area contributed by atoms with Gasteiger partial charge < -0.3 is 20.1 Å². The minimum Gasteiger partial charge on any atom is -0.381 e. The lowest BCUT2D eigenvalue weighted by Gasteiger charge is -2.35. The average Bonchev–Trinajstić information content (AvgIpc) is 2.73. The molecule has 0 unspecified atom stereocenters. The molecule has 2 fully saturated rings. The Labute approximate surface area is 176 Å². The molecule has 2 rings (SSSR count). The summed E-state index contributed by atoms with van der Waals surface area (Å²) in [6, 6.07) is 0. The maximum atomic E-state index is 12.5. The van der Waals surface area contributed by atoms with Crippen LogP contribution >= 0.6 is 0 Å². The predicted octanol–water partition coefficient (Wildman–Crippen LogP) is 3.58. The fourth-order valence-electron chi connectivity index (χ4n) is 4.64. The first-order valence-corrected chi connectivity index (χ1v) is 11.5. The van der Waals surface area contributed by atoms with Gasteiger partial charge in [-0.2, -0.15) is 0 Å². The van der Waals surface area contributed by atoms with Gasteiger partial charge in [-0.15, -0.1) is 0 Å². The Morgan fingerprint density at radius 3 is 1.38 bits per heavy atom. The molecule has 0 heterocycles. The topological polar surface area (TPSA) is 76.7 Å². The van der Waals surface area contributed by atoms with E-state index in [0.717, 1.165) is 70.6 Å². The van der Waals surface area contributed by atoms with Crippen LogP contribution in [0, 0.1) is 10.8 Å². The maximum Gasteiger partial charge on any atom is 0.225 e. The zero-order chi connectivity index (χ0) is 21.3. The van der Waals surface area contributed by atoms with Gasteiger partial charge in [-0.1, -0.05) is 13.8 Å². The summed E-state index contributed by atoms with van der Waals surface area (Å²) in [6.45, 7) is 5.58. The summed E-state index contributed by atoms with van der Waals surface area (Å²) < 4.78 is 10.8. The second kappa shape index (κ2) is 11.3. The Morgan fingerprint density at radius 1 is 0.724 bits per heavy atom. The van der Waals surface area contributed by atoms with Crippen LogP contribution in [0.1, 0.15) is 84.5 Å². The molecule has 0 aliphatic heterocycles. The minimum atomic E-state index is -0.250. The second-order valence-electron chi connectivity index (χ2n) is 9.56. The minimum absolute atomic E-state index is 0.181. The summed E-state index contributed by atoms with van der Waals surface area (Å²) in [5.41, 5.74) is -0.499. The first-order chi connectivity index (χ1) is 13.8. The van der Waals surface area contributed by atoms with Crippen molar-refractivity contribution in [3.05, 3.63) is 0 Å². The van der Waals surface area contributed by atoms with E-state index in [9.17, 15) is 9.59 Å². The Balaban J connectivity index is 1.54. The quantitative estimate of drug-likeness (QED) is 0.540. The Morgan fingerprint density at radius 2 is 1.07 bits per heavy atom. The van der Waals surface area contributed by atoms with Crippen LogP contribution in [-0.2, 0) is 19.1 Å². The standard InChI is InChI=1S/C23H42N2O4/c1-22(12-8-18(28-3)9-13-22)20(26)24-16-6-5-7-17-25-21(27)23(2)14-10-19(29-4)11-15-23/h18-19H,5-17H2,1-4H3,(H,24,26)(H,25,27). The molecule has 168 valence electrons. The fraction of sp³-hybridized carbons (Fsp3) is 0.913. The van der Waals surface area contributed by atoms with Crippen molar-refractivity contribution in [2.45, 2.75) is 96.7 Å². The van der Waals surface area contributed by atoms with Crippen molar-refractivity contribution in [1.29, 1.82) is 0 Å². The maximum absolute atomic E-state index is 12.5. The van der Waals surface area contributed by atoms with E-state index in [1.54, 1.807) is 14.2 Å². The largest absolute Gasteiger partial charge is 0.381 e. The van der Waals surface area contributed by atoms with Gasteiger partial charge in [-0.3, -0.25) is 9.59 Å². The summed E-state index contributed by atoms with van der Waals surface area (Å²) in [5, 5.41) is 6.23. The third-order valence-electron chi connectivity index (χ3n) is 7.26. The Hall–Kier alpha value is -1.14. The van der Waals surface area contributed by atoms with Crippen molar-refractivity contribution >= 4 is 11.8 Å². The van der Waals surface area contributed by atoms with E-state index in [4.69, 9.17) is 9.47 Å². The molecule has 0 spiro atoms. The first-order valence-electron chi connectivity index (χ1n) is 11.5. The van der Waals surface area contributed by atoms with Crippen molar-refractivity contribution in [2.24, 2.45) is 10.8 Å². The molecule has 0 aromatic heterocycles. The molecule has 6 heteroatoms. The van der Waals surface area contributed by atoms with E-state index in [2.05, 4.69) is 24.5 Å². The molecular weight excluding hydrogens is 368 g/mol. The van der Waals surface area contributed by atoms with Crippen molar-refractivity contribution in [1.82, 2.24) is 10.6 Å². The number of ether oxygens (including phenoxy) is 2. The highest BCUT2D eigenvalue weighted by molar-refractivity contribution is 5.82. The smallest absolute Gasteiger partial charge is 0.225 e. The van der Waals surface area contributed by atoms with Crippen LogP contribution in [0.25, 0.3) is 0 Å². The number of amides is 2. The van der Waals surface area contributed by atoms with Gasteiger partial charge in [-0.05, 0) is 70.6 Å². The van der Waals surface area contributed by atoms with Gasteiger partial charge in [0.1, 0.15) is 0 Å². The van der Waals surface area contributed by atoms with Crippen molar-refractivity contribution in [2.75, 3.05) is 27.3 Å². The van der Waals surface area contributed by atoms with Gasteiger partial charge in [0.2, 0.25) is 11.8 Å². The monoisotopic (exact) mass is 410 g/mol. The lowest BCUT2D eigenvalue weighted by molar-refractivity contribution is -0.134. The number of unbranched alkanes of at least 4 members (excludes halogenated alkanes) is 2. The zero-order valence-corrected chi connectivity index (χ0v) is 19.0. The van der Waals surface area contributed by atoms with E-state index in [1.165, 1.54) is 0 Å². The fourth-order valence-corrected chi connectivity index (χ4v) is 4.64. The molecule has 2 aliphatic rings. The predicted molar refractivity (Wildman–Crippen MR) is 115 cm³/mol. The first kappa shape index (κ1) is 24.1. The number of hydrogen-bond donors (Lipinski definition) is 2. The normalized spacial score (nSPS) is 32.6. The Kier molecular flexibility index (Phi) is 9.41. The molecular formula is C23H42N2O4. The SMILES string of the molecule is COC1CCC(C)(C(=O)NCCCCCNC(=O)C2(C)CCC(OC)CC2)CC1. The zero-order valence-electron chi connectivity index (χ0n) is 19.0. The van der Waals surface area contributed by atoms with Gasteiger partial charge in [-0.25, -0.2) is 0 Å². The molecule has 2 N–H and O–H groups in total. The highest BCUT2D eigenvalue weighted by Gasteiger charge is 2.38. The van der Waals surface area contributed by atoms with Gasteiger partial charge in [0.05, 0.1) is 12.2 Å². The third kappa shape index (κ3) is 6.95. The summed E-state index contributed by atoms with van der Waals surface area (Å²) in [4.78, 5) is 25.1. The molecule has 0 radical (unpaired) electrons. The summed E-state index contributed by atoms with van der Waals surface area (Å²) >= 11 is 0. The average molecular weight is 411 g/mol. The third-order valence-corrected chi connectivity index (χ3v) is 7.26. The van der Waals surface area contributed by atoms with E-state index < -0.39 is 0 Å². The van der Waals surface area contributed by atoms with Gasteiger partial charge in [0, 0.05) is 38.1 Å². The van der Waals surface area contributed by atoms with Crippen LogP contribution in [0.2, 0.25) is 0 Å². The van der Waals surface area contributed by atoms with Crippen LogP contribution in [-0.4, -0.2) is 51.3 Å². The van der Waals surface area contributed by atoms with E-state index in [-0.39, 0.29) is 22.6 Å². The summed E-state index contributed by atoms with van der Waals surface area (Å²) in [7, 11) is 3.50. The number of hydrogen-bond acceptors (Lipinski definition) is 4. The molecule has 6 nitrogen and oxygen atoms in total. The highest BCUT2D eigenvalue weighted by Crippen LogP contribution is 2.37. The van der Waals surface area contributed by atoms with E-state index in [0.29, 0.717) is 25.3 Å². The molecule has 0 saturated heterocycles. The summed E-state index contributed by atoms with van der Waals surface area (Å²) in [5.74, 6) is 0.361. The van der Waals surface area contributed by atoms with Crippen molar-refractivity contribution in [3.63, 3.8) is 0 Å². The van der Waals surface area contributed by atoms with Crippen LogP contribution in [0.3, 0.4) is 0 Å². The van der Waals surface area contributed by atoms with Crippen LogP contribution in [0.15, 0.2) is 0 Å². The molecule has 2 aliphatic carbocycles. The second-order valence-corrected chi connectivity index (χ2v) is 9.56. The lowest BCUT2D eigenvalue weighted by atomic mass is 9.74. The molecule has 0 aromatic rings. The number of carbonyl (C=O) groups excluding carboxylic acids is 2. The summed E-state index contributed by atoms with van der Waals surface area (Å²) in [6.07, 6.45) is 11.0. The lowest BCUT2D eigenvalue weighted by Crippen LogP contribution is -2.43.